The third-order valence-electron chi connectivity index (χ3n) is 1.89. The first-order chi connectivity index (χ1) is 5.98. The molecule has 0 radical (unpaired) electrons. The van der Waals surface area contributed by atoms with E-state index in [0.717, 1.165) is 4.88 Å². The number of nitrogens with two attached hydrogens (primary N) is 1. The topological polar surface area (TPSA) is 55.1 Å². The van der Waals surface area contributed by atoms with Gasteiger partial charge in [0.1, 0.15) is 0 Å². The molecule has 13 heavy (non-hydrogen) atoms. The van der Waals surface area contributed by atoms with E-state index in [0.29, 0.717) is 4.34 Å². The zero-order chi connectivity index (χ0) is 10.1. The lowest BCUT2D eigenvalue weighted by molar-refractivity contribution is -0.125. The molecule has 5 heteroatoms. The minimum atomic E-state index is -0.618. The van der Waals surface area contributed by atoms with Crippen molar-refractivity contribution in [3.63, 3.8) is 0 Å². The molecule has 0 spiro atoms. The molecule has 1 amide bonds. The van der Waals surface area contributed by atoms with Crippen LogP contribution in [0.2, 0.25) is 4.34 Å². The molecule has 72 valence electrons. The maximum atomic E-state index is 11.4. The molecule has 1 heterocycles. The van der Waals surface area contributed by atoms with Crippen molar-refractivity contribution in [3.8, 4) is 0 Å². The first-order valence-corrected chi connectivity index (χ1v) is 4.95. The lowest BCUT2D eigenvalue weighted by Crippen LogP contribution is -2.43. The lowest BCUT2D eigenvalue weighted by atomic mass is 9.91. The second kappa shape index (κ2) is 3.65. The second-order valence-electron chi connectivity index (χ2n) is 3.20. The predicted molar refractivity (Wildman–Crippen MR) is 54.7 cm³/mol. The first kappa shape index (κ1) is 10.5. The van der Waals surface area contributed by atoms with E-state index in [9.17, 15) is 4.79 Å². The third-order valence-corrected chi connectivity index (χ3v) is 3.44. The van der Waals surface area contributed by atoms with Crippen molar-refractivity contribution in [1.29, 1.82) is 0 Å². The van der Waals surface area contributed by atoms with Gasteiger partial charge in [-0.2, -0.15) is 0 Å². The van der Waals surface area contributed by atoms with E-state index in [1.807, 2.05) is 6.07 Å². The minimum Gasteiger partial charge on any atom is -0.293 e. The number of halogens is 1. The Morgan fingerprint density at radius 1 is 1.62 bits per heavy atom. The number of rotatable bonds is 2. The molecular formula is C8H11ClN2OS. The van der Waals surface area contributed by atoms with Crippen molar-refractivity contribution >= 4 is 28.8 Å². The highest BCUT2D eigenvalue weighted by Crippen LogP contribution is 2.32. The molecule has 0 saturated carbocycles. The van der Waals surface area contributed by atoms with E-state index in [2.05, 4.69) is 5.43 Å². The van der Waals surface area contributed by atoms with Crippen LogP contribution >= 0.6 is 22.9 Å². The zero-order valence-corrected chi connectivity index (χ0v) is 9.00. The molecule has 0 atom stereocenters. The van der Waals surface area contributed by atoms with Crippen molar-refractivity contribution in [1.82, 2.24) is 5.43 Å². The standard InChI is InChI=1S/C8H11ClN2OS/c1-8(2,7(12)11-10)5-3-4-6(9)13-5/h3-4H,10H2,1-2H3,(H,11,12). The van der Waals surface area contributed by atoms with Gasteiger partial charge in [0.05, 0.1) is 9.75 Å². The Bertz CT molecular complexity index is 322. The molecule has 0 unspecified atom stereocenters. The number of thiophene rings is 1. The molecule has 0 fully saturated rings. The Morgan fingerprint density at radius 3 is 2.62 bits per heavy atom. The second-order valence-corrected chi connectivity index (χ2v) is 4.92. The van der Waals surface area contributed by atoms with Crippen LogP contribution in [0.25, 0.3) is 0 Å². The number of nitrogens with one attached hydrogen (secondary N) is 1. The van der Waals surface area contributed by atoms with Crippen LogP contribution in [-0.2, 0) is 10.2 Å². The van der Waals surface area contributed by atoms with E-state index in [-0.39, 0.29) is 5.91 Å². The summed E-state index contributed by atoms with van der Waals surface area (Å²) in [6, 6.07) is 3.61. The molecular weight excluding hydrogens is 208 g/mol. The van der Waals surface area contributed by atoms with Crippen molar-refractivity contribution in [2.45, 2.75) is 19.3 Å². The molecule has 0 saturated heterocycles. The molecule has 0 bridgehead atoms. The number of amides is 1. The highest BCUT2D eigenvalue weighted by Gasteiger charge is 2.30. The van der Waals surface area contributed by atoms with E-state index in [4.69, 9.17) is 17.4 Å². The molecule has 3 N–H and O–H groups in total. The van der Waals surface area contributed by atoms with Gasteiger partial charge in [-0.3, -0.25) is 10.2 Å². The molecule has 0 aliphatic carbocycles. The highest BCUT2D eigenvalue weighted by molar-refractivity contribution is 7.16. The van der Waals surface area contributed by atoms with E-state index < -0.39 is 5.41 Å². The Hall–Kier alpha value is -0.580. The van der Waals surface area contributed by atoms with Crippen molar-refractivity contribution in [2.75, 3.05) is 0 Å². The van der Waals surface area contributed by atoms with Gasteiger partial charge in [0.2, 0.25) is 5.91 Å². The minimum absolute atomic E-state index is 0.217. The SMILES string of the molecule is CC(C)(C(=O)NN)c1ccc(Cl)s1. The average Bonchev–Trinajstić information content (AvgIpc) is 2.50. The van der Waals surface area contributed by atoms with Gasteiger partial charge in [0.15, 0.2) is 0 Å². The fraction of sp³-hybridized carbons (Fsp3) is 0.375. The molecule has 0 aliphatic heterocycles. The van der Waals surface area contributed by atoms with Gasteiger partial charge >= 0.3 is 0 Å². The zero-order valence-electron chi connectivity index (χ0n) is 7.43. The van der Waals surface area contributed by atoms with Crippen LogP contribution in [0.4, 0.5) is 0 Å². The normalized spacial score (nSPS) is 11.4. The molecule has 1 rings (SSSR count). The van der Waals surface area contributed by atoms with Gasteiger partial charge < -0.3 is 0 Å². The predicted octanol–water partition coefficient (Wildman–Crippen LogP) is 1.67. The Balaban J connectivity index is 2.99. The summed E-state index contributed by atoms with van der Waals surface area (Å²) in [5.41, 5.74) is 1.52. The van der Waals surface area contributed by atoms with E-state index in [1.165, 1.54) is 11.3 Å². The maximum absolute atomic E-state index is 11.4. The number of hydrogen-bond donors (Lipinski definition) is 2. The number of carbonyl (C=O) groups is 1. The van der Waals surface area contributed by atoms with Crippen LogP contribution in [-0.4, -0.2) is 5.91 Å². The third kappa shape index (κ3) is 2.02. The molecule has 0 aliphatic rings. The van der Waals surface area contributed by atoms with Crippen molar-refractivity contribution < 1.29 is 4.79 Å². The van der Waals surface area contributed by atoms with Crippen LogP contribution in [0.3, 0.4) is 0 Å². The smallest absolute Gasteiger partial charge is 0.244 e. The number of hydrazine groups is 1. The van der Waals surface area contributed by atoms with E-state index >= 15 is 0 Å². The van der Waals surface area contributed by atoms with Gasteiger partial charge in [0, 0.05) is 4.88 Å². The van der Waals surface area contributed by atoms with Gasteiger partial charge in [-0.05, 0) is 26.0 Å². The Morgan fingerprint density at radius 2 is 2.23 bits per heavy atom. The maximum Gasteiger partial charge on any atom is 0.244 e. The van der Waals surface area contributed by atoms with Crippen molar-refractivity contribution in [3.05, 3.63) is 21.3 Å². The fourth-order valence-electron chi connectivity index (χ4n) is 0.943. The summed E-state index contributed by atoms with van der Waals surface area (Å²) in [6.45, 7) is 3.61. The summed E-state index contributed by atoms with van der Waals surface area (Å²) >= 11 is 7.16. The summed E-state index contributed by atoms with van der Waals surface area (Å²) in [5.74, 6) is 4.86. The molecule has 1 aromatic heterocycles. The molecule has 0 aromatic carbocycles. The van der Waals surface area contributed by atoms with Gasteiger partial charge in [0.25, 0.3) is 0 Å². The Kier molecular flexibility index (Phi) is 2.95. The monoisotopic (exact) mass is 218 g/mol. The number of hydrogen-bond acceptors (Lipinski definition) is 3. The Labute approximate surface area is 85.9 Å². The lowest BCUT2D eigenvalue weighted by Gasteiger charge is -2.20. The first-order valence-electron chi connectivity index (χ1n) is 3.75. The van der Waals surface area contributed by atoms with Crippen LogP contribution in [0.1, 0.15) is 18.7 Å². The van der Waals surface area contributed by atoms with Gasteiger partial charge in [-0.1, -0.05) is 11.6 Å². The molecule has 3 nitrogen and oxygen atoms in total. The summed E-state index contributed by atoms with van der Waals surface area (Å²) < 4.78 is 0.674. The summed E-state index contributed by atoms with van der Waals surface area (Å²) in [5, 5.41) is 0. The van der Waals surface area contributed by atoms with Crippen LogP contribution in [0.15, 0.2) is 12.1 Å². The van der Waals surface area contributed by atoms with Crippen LogP contribution in [0, 0.1) is 0 Å². The fourth-order valence-corrected chi connectivity index (χ4v) is 2.08. The van der Waals surface area contributed by atoms with Crippen LogP contribution in [0.5, 0.6) is 0 Å². The quantitative estimate of drug-likeness (QED) is 0.451. The van der Waals surface area contributed by atoms with Crippen LogP contribution < -0.4 is 11.3 Å². The number of carbonyl (C=O) groups excluding carboxylic acids is 1. The van der Waals surface area contributed by atoms with Gasteiger partial charge in [-0.25, -0.2) is 5.84 Å². The van der Waals surface area contributed by atoms with E-state index in [1.54, 1.807) is 19.9 Å². The average molecular weight is 219 g/mol. The van der Waals surface area contributed by atoms with Crippen molar-refractivity contribution in [2.24, 2.45) is 5.84 Å². The molecule has 1 aromatic rings. The largest absolute Gasteiger partial charge is 0.293 e. The van der Waals surface area contributed by atoms with Gasteiger partial charge in [-0.15, -0.1) is 11.3 Å². The summed E-state index contributed by atoms with van der Waals surface area (Å²) in [7, 11) is 0. The summed E-state index contributed by atoms with van der Waals surface area (Å²) in [4.78, 5) is 12.3. The summed E-state index contributed by atoms with van der Waals surface area (Å²) in [6.07, 6.45) is 0. The highest BCUT2D eigenvalue weighted by atomic mass is 35.5.